The number of nitrogens with one attached hydrogen (secondary N) is 1. The number of rotatable bonds is 5. The van der Waals surface area contributed by atoms with Crippen LogP contribution in [0.5, 0.6) is 5.75 Å². The molecule has 11 heteroatoms. The fraction of sp³-hybridized carbons (Fsp3) is 0.136. The van der Waals surface area contributed by atoms with Crippen LogP contribution in [0.25, 0.3) is 17.0 Å². The molecule has 0 unspecified atom stereocenters. The van der Waals surface area contributed by atoms with Crippen LogP contribution < -0.4 is 15.6 Å². The molecule has 0 aliphatic rings. The number of hydrogen-bond acceptors (Lipinski definition) is 5. The summed E-state index contributed by atoms with van der Waals surface area (Å²) in [5.41, 5.74) is 0.295. The Bertz CT molecular complexity index is 1440. The zero-order valence-electron chi connectivity index (χ0n) is 17.6. The summed E-state index contributed by atoms with van der Waals surface area (Å²) in [5.74, 6) is -0.462. The first-order chi connectivity index (χ1) is 15.7. The van der Waals surface area contributed by atoms with Gasteiger partial charge < -0.3 is 14.6 Å². The van der Waals surface area contributed by atoms with Crippen LogP contribution >= 0.6 is 27.5 Å². The lowest BCUT2D eigenvalue weighted by Gasteiger charge is -2.08. The van der Waals surface area contributed by atoms with Gasteiger partial charge in [0.1, 0.15) is 22.9 Å². The van der Waals surface area contributed by atoms with E-state index >= 15 is 0 Å². The maximum absolute atomic E-state index is 14.3. The summed E-state index contributed by atoms with van der Waals surface area (Å²) in [4.78, 5) is 26.0. The third-order valence-electron chi connectivity index (χ3n) is 5.14. The Morgan fingerprint density at radius 3 is 2.67 bits per heavy atom. The molecule has 0 saturated carbocycles. The Balaban J connectivity index is 1.69. The average Bonchev–Trinajstić information content (AvgIpc) is 3.27. The van der Waals surface area contributed by atoms with E-state index in [0.717, 1.165) is 4.68 Å². The smallest absolute Gasteiger partial charge is 0.295 e. The normalized spacial score (nSPS) is 11.0. The van der Waals surface area contributed by atoms with Crippen LogP contribution in [0.15, 0.2) is 56.3 Å². The molecule has 2 heterocycles. The monoisotopic (exact) mass is 534 g/mol. The largest absolute Gasteiger partial charge is 0.497 e. The molecule has 0 fully saturated rings. The SMILES string of the molecule is COc1ccc(-c2onc(C(=O)Nc3c(C)n(C)n(-c4ccccc4F)c3=O)c2Br)c(Cl)c1. The molecule has 0 bridgehead atoms. The zero-order chi connectivity index (χ0) is 23.9. The van der Waals surface area contributed by atoms with Crippen molar-refractivity contribution in [3.05, 3.63) is 79.5 Å². The number of benzene rings is 2. The first-order valence-electron chi connectivity index (χ1n) is 9.58. The van der Waals surface area contributed by atoms with Crippen molar-refractivity contribution in [1.82, 2.24) is 14.5 Å². The van der Waals surface area contributed by atoms with Crippen LogP contribution in [0.1, 0.15) is 16.2 Å². The van der Waals surface area contributed by atoms with Crippen molar-refractivity contribution in [2.24, 2.45) is 7.05 Å². The van der Waals surface area contributed by atoms with Crippen molar-refractivity contribution < 1.29 is 18.4 Å². The van der Waals surface area contributed by atoms with E-state index in [4.69, 9.17) is 20.9 Å². The second-order valence-corrected chi connectivity index (χ2v) is 8.23. The molecule has 4 aromatic rings. The number of para-hydroxylation sites is 1. The second-order valence-electron chi connectivity index (χ2n) is 7.03. The number of halogens is 3. The highest BCUT2D eigenvalue weighted by atomic mass is 79.9. The highest BCUT2D eigenvalue weighted by Crippen LogP contribution is 2.37. The van der Waals surface area contributed by atoms with E-state index in [1.54, 1.807) is 38.2 Å². The lowest BCUT2D eigenvalue weighted by molar-refractivity contribution is 0.101. The molecule has 4 rings (SSSR count). The van der Waals surface area contributed by atoms with Gasteiger partial charge in [-0.3, -0.25) is 14.3 Å². The molecule has 0 aliphatic heterocycles. The molecular weight excluding hydrogens is 519 g/mol. The van der Waals surface area contributed by atoms with Gasteiger partial charge in [-0.15, -0.1) is 0 Å². The van der Waals surface area contributed by atoms with Crippen molar-refractivity contribution in [3.63, 3.8) is 0 Å². The summed E-state index contributed by atoms with van der Waals surface area (Å²) in [6.07, 6.45) is 0. The first kappa shape index (κ1) is 22.8. The molecule has 33 heavy (non-hydrogen) atoms. The number of nitrogens with zero attached hydrogens (tertiary/aromatic N) is 3. The van der Waals surface area contributed by atoms with Gasteiger partial charge in [0.05, 0.1) is 22.3 Å². The minimum Gasteiger partial charge on any atom is -0.497 e. The van der Waals surface area contributed by atoms with E-state index in [2.05, 4.69) is 26.4 Å². The number of hydrogen-bond donors (Lipinski definition) is 1. The maximum Gasteiger partial charge on any atom is 0.295 e. The highest BCUT2D eigenvalue weighted by molar-refractivity contribution is 9.10. The van der Waals surface area contributed by atoms with E-state index in [-0.39, 0.29) is 27.3 Å². The van der Waals surface area contributed by atoms with Gasteiger partial charge in [-0.05, 0) is 53.2 Å². The molecule has 170 valence electrons. The average molecular weight is 536 g/mol. The van der Waals surface area contributed by atoms with Crippen molar-refractivity contribution in [2.75, 3.05) is 12.4 Å². The van der Waals surface area contributed by atoms with Gasteiger partial charge in [0.2, 0.25) is 0 Å². The van der Waals surface area contributed by atoms with Crippen LogP contribution in [-0.2, 0) is 7.05 Å². The van der Waals surface area contributed by atoms with Crippen LogP contribution in [0.2, 0.25) is 5.02 Å². The van der Waals surface area contributed by atoms with Gasteiger partial charge in [-0.2, -0.15) is 0 Å². The van der Waals surface area contributed by atoms with E-state index in [1.807, 2.05) is 0 Å². The predicted octanol–water partition coefficient (Wildman–Crippen LogP) is 4.96. The molecule has 0 spiro atoms. The molecule has 2 aromatic carbocycles. The standard InChI is InChI=1S/C22H17BrClFN4O4/c1-11-18(22(31)29(28(11)2)16-7-5-4-6-15(16)25)26-21(30)19-17(23)20(33-27-19)13-9-8-12(32-3)10-14(13)24/h4-10H,1-3H3,(H,26,30). The topological polar surface area (TPSA) is 91.3 Å². The van der Waals surface area contributed by atoms with Crippen LogP contribution in [0.3, 0.4) is 0 Å². The lowest BCUT2D eigenvalue weighted by Crippen LogP contribution is -2.24. The summed E-state index contributed by atoms with van der Waals surface area (Å²) < 4.78 is 27.6. The number of carbonyl (C=O) groups is 1. The summed E-state index contributed by atoms with van der Waals surface area (Å²) in [5, 5.41) is 6.73. The fourth-order valence-corrected chi connectivity index (χ4v) is 4.11. The molecule has 1 amide bonds. The second kappa shape index (κ2) is 8.87. The number of amides is 1. The zero-order valence-corrected chi connectivity index (χ0v) is 20.0. The Morgan fingerprint density at radius 2 is 2.00 bits per heavy atom. The van der Waals surface area contributed by atoms with E-state index < -0.39 is 17.3 Å². The lowest BCUT2D eigenvalue weighted by atomic mass is 10.1. The van der Waals surface area contributed by atoms with Crippen LogP contribution in [0, 0.1) is 12.7 Å². The van der Waals surface area contributed by atoms with Gasteiger partial charge in [0.15, 0.2) is 11.5 Å². The summed E-state index contributed by atoms with van der Waals surface area (Å²) >= 11 is 9.63. The van der Waals surface area contributed by atoms with Crippen molar-refractivity contribution in [1.29, 1.82) is 0 Å². The Kier molecular flexibility index (Phi) is 6.13. The molecule has 2 aromatic heterocycles. The number of anilines is 1. The molecule has 0 radical (unpaired) electrons. The summed E-state index contributed by atoms with van der Waals surface area (Å²) in [6, 6.07) is 10.8. The quantitative estimate of drug-likeness (QED) is 0.390. The molecular formula is C22H17BrClFN4O4. The molecule has 0 atom stereocenters. The van der Waals surface area contributed by atoms with E-state index in [0.29, 0.717) is 22.0 Å². The van der Waals surface area contributed by atoms with Crippen molar-refractivity contribution in [3.8, 4) is 22.8 Å². The molecule has 0 aliphatic carbocycles. The van der Waals surface area contributed by atoms with Crippen molar-refractivity contribution in [2.45, 2.75) is 6.92 Å². The molecule has 8 nitrogen and oxygen atoms in total. The summed E-state index contributed by atoms with van der Waals surface area (Å²) in [6.45, 7) is 1.63. The number of aromatic nitrogens is 3. The van der Waals surface area contributed by atoms with Gasteiger partial charge in [0.25, 0.3) is 11.5 Å². The van der Waals surface area contributed by atoms with Crippen molar-refractivity contribution >= 4 is 39.1 Å². The van der Waals surface area contributed by atoms with Crippen LogP contribution in [0.4, 0.5) is 10.1 Å². The Morgan fingerprint density at radius 1 is 1.27 bits per heavy atom. The third-order valence-corrected chi connectivity index (χ3v) is 6.19. The number of methoxy groups -OCH3 is 1. The first-order valence-corrected chi connectivity index (χ1v) is 10.8. The van der Waals surface area contributed by atoms with E-state index in [9.17, 15) is 14.0 Å². The van der Waals surface area contributed by atoms with Gasteiger partial charge in [0, 0.05) is 12.6 Å². The number of carbonyl (C=O) groups excluding carboxylic acids is 1. The maximum atomic E-state index is 14.3. The Labute approximate surface area is 200 Å². The molecule has 0 saturated heterocycles. The van der Waals surface area contributed by atoms with E-state index in [1.165, 1.54) is 30.0 Å². The minimum atomic E-state index is -0.687. The highest BCUT2D eigenvalue weighted by Gasteiger charge is 2.26. The molecule has 1 N–H and O–H groups in total. The summed E-state index contributed by atoms with van der Waals surface area (Å²) in [7, 11) is 3.11. The fourth-order valence-electron chi connectivity index (χ4n) is 3.31. The minimum absolute atomic E-state index is 0.00955. The van der Waals surface area contributed by atoms with Gasteiger partial charge in [-0.25, -0.2) is 9.07 Å². The predicted molar refractivity (Wildman–Crippen MR) is 125 cm³/mol. The van der Waals surface area contributed by atoms with Gasteiger partial charge >= 0.3 is 0 Å². The Hall–Kier alpha value is -3.37. The third kappa shape index (κ3) is 3.96. The van der Waals surface area contributed by atoms with Gasteiger partial charge in [-0.1, -0.05) is 28.9 Å². The number of ether oxygens (including phenoxy) is 1. The van der Waals surface area contributed by atoms with Crippen LogP contribution in [-0.4, -0.2) is 27.5 Å².